The van der Waals surface area contributed by atoms with E-state index in [1.165, 1.54) is 0 Å². The quantitative estimate of drug-likeness (QED) is 0.136. The van der Waals surface area contributed by atoms with Crippen LogP contribution in [0.1, 0.15) is 45.7 Å². The number of carbonyl (C=O) groups excluding carboxylic acids is 1. The lowest BCUT2D eigenvalue weighted by Gasteiger charge is -2.19. The summed E-state index contributed by atoms with van der Waals surface area (Å²) in [6.07, 6.45) is 7.59. The Morgan fingerprint density at radius 1 is 1.03 bits per heavy atom. The second-order valence-electron chi connectivity index (χ2n) is 8.41. The number of hydrogen-bond donors (Lipinski definition) is 1. The first-order valence-electron chi connectivity index (χ1n) is 11.0. The van der Waals surface area contributed by atoms with Crippen LogP contribution in [0.15, 0.2) is 72.8 Å². The molecule has 0 radical (unpaired) electrons. The molecule has 1 atom stereocenters. The Balaban J connectivity index is 0.000000489. The maximum absolute atomic E-state index is 10.8. The zero-order chi connectivity index (χ0) is 25.6. The zero-order valence-electron chi connectivity index (χ0n) is 20.6. The molecule has 0 heterocycles. The van der Waals surface area contributed by atoms with Gasteiger partial charge in [-0.05, 0) is 70.0 Å². The van der Waals surface area contributed by atoms with Crippen molar-refractivity contribution in [2.45, 2.75) is 46.5 Å². The second-order valence-corrected chi connectivity index (χ2v) is 8.78. The highest BCUT2D eigenvalue weighted by atomic mass is 35.5. The van der Waals surface area contributed by atoms with Gasteiger partial charge < -0.3 is 19.3 Å². The highest BCUT2D eigenvalue weighted by Crippen LogP contribution is 2.16. The summed E-state index contributed by atoms with van der Waals surface area (Å²) >= 11 is 5.57. The smallest absolute Gasteiger partial charge is 0.333 e. The minimum Gasteiger partial charge on any atom is -0.508 e. The minimum absolute atomic E-state index is 0.271. The van der Waals surface area contributed by atoms with E-state index in [0.717, 1.165) is 16.9 Å². The van der Waals surface area contributed by atoms with Gasteiger partial charge in [-0.2, -0.15) is 0 Å². The van der Waals surface area contributed by atoms with Crippen LogP contribution in [0.3, 0.4) is 0 Å². The van der Waals surface area contributed by atoms with Gasteiger partial charge in [0.05, 0.1) is 6.61 Å². The molecule has 1 N–H and O–H groups in total. The largest absolute Gasteiger partial charge is 0.508 e. The number of ether oxygens (including phenoxy) is 3. The van der Waals surface area contributed by atoms with Gasteiger partial charge in [0.2, 0.25) is 0 Å². The van der Waals surface area contributed by atoms with Crippen LogP contribution < -0.4 is 4.74 Å². The van der Waals surface area contributed by atoms with E-state index in [-0.39, 0.29) is 18.0 Å². The monoisotopic (exact) mass is 486 g/mol. The molecular weight excluding hydrogens is 452 g/mol. The van der Waals surface area contributed by atoms with E-state index < -0.39 is 5.60 Å². The van der Waals surface area contributed by atoms with Gasteiger partial charge in [0.1, 0.15) is 17.1 Å². The third-order valence-electron chi connectivity index (χ3n) is 3.94. The van der Waals surface area contributed by atoms with Crippen molar-refractivity contribution in [2.24, 2.45) is 0 Å². The fourth-order valence-electron chi connectivity index (χ4n) is 2.38. The number of phenols is 1. The molecule has 34 heavy (non-hydrogen) atoms. The first-order valence-corrected chi connectivity index (χ1v) is 11.5. The van der Waals surface area contributed by atoms with Crippen LogP contribution >= 0.6 is 11.6 Å². The van der Waals surface area contributed by atoms with Crippen LogP contribution in [0.5, 0.6) is 11.5 Å². The van der Waals surface area contributed by atoms with E-state index >= 15 is 0 Å². The highest BCUT2D eigenvalue weighted by Gasteiger charge is 2.15. The van der Waals surface area contributed by atoms with Crippen molar-refractivity contribution < 1.29 is 24.1 Å². The van der Waals surface area contributed by atoms with Crippen molar-refractivity contribution in [1.29, 1.82) is 0 Å². The Hall–Kier alpha value is -3.02. The topological polar surface area (TPSA) is 65.0 Å². The number of hydrogen-bond acceptors (Lipinski definition) is 5. The van der Waals surface area contributed by atoms with Crippen LogP contribution in [0.4, 0.5) is 0 Å². The molecular formula is C28H35ClO5. The van der Waals surface area contributed by atoms with Crippen molar-refractivity contribution in [2.75, 3.05) is 12.5 Å². The highest BCUT2D eigenvalue weighted by molar-refractivity contribution is 6.17. The molecule has 6 heteroatoms. The van der Waals surface area contributed by atoms with Crippen LogP contribution in [-0.4, -0.2) is 35.5 Å². The number of phenolic OH excluding ortho intramolecular Hbond substituents is 1. The number of alkyl halides is 1. The molecule has 184 valence electrons. The Bertz CT molecular complexity index is 938. The van der Waals surface area contributed by atoms with Gasteiger partial charge in [-0.3, -0.25) is 0 Å². The van der Waals surface area contributed by atoms with Gasteiger partial charge in [-0.1, -0.05) is 55.1 Å². The molecule has 1 unspecified atom stereocenters. The zero-order valence-corrected chi connectivity index (χ0v) is 21.3. The van der Waals surface area contributed by atoms with Gasteiger partial charge in [-0.25, -0.2) is 4.79 Å². The molecule has 0 aliphatic carbocycles. The predicted octanol–water partition coefficient (Wildman–Crippen LogP) is 7.00. The summed E-state index contributed by atoms with van der Waals surface area (Å²) in [7, 11) is 0. The molecule has 0 amide bonds. The first kappa shape index (κ1) is 29.0. The van der Waals surface area contributed by atoms with Crippen LogP contribution in [-0.2, 0) is 14.3 Å². The molecule has 0 saturated carbocycles. The van der Waals surface area contributed by atoms with Gasteiger partial charge >= 0.3 is 5.97 Å². The van der Waals surface area contributed by atoms with Crippen molar-refractivity contribution >= 4 is 29.7 Å². The third-order valence-corrected chi connectivity index (χ3v) is 4.10. The molecule has 2 aromatic carbocycles. The van der Waals surface area contributed by atoms with Crippen molar-refractivity contribution in [3.8, 4) is 11.5 Å². The number of allylic oxidation sites excluding steroid dienone is 2. The lowest BCUT2D eigenvalue weighted by atomic mass is 10.2. The Kier molecular flexibility index (Phi) is 12.8. The van der Waals surface area contributed by atoms with E-state index in [2.05, 4.69) is 6.58 Å². The lowest BCUT2D eigenvalue weighted by Crippen LogP contribution is -2.23. The Morgan fingerprint density at radius 2 is 1.53 bits per heavy atom. The standard InChI is InChI=1S/C20H21ClO3.C8H14O2/c1-16(23-15-14-21)24-20-12-8-18(9-13-20)5-3-2-4-17-6-10-19(22)11-7-17;1-6(2)7(9)10-8(3,4)5/h2-13,16,22H,14-15H2,1H3;1H2,2-5H3. The number of rotatable bonds is 9. The van der Waals surface area contributed by atoms with Crippen molar-refractivity contribution in [3.63, 3.8) is 0 Å². The van der Waals surface area contributed by atoms with Crippen molar-refractivity contribution in [1.82, 2.24) is 0 Å². The summed E-state index contributed by atoms with van der Waals surface area (Å²) in [4.78, 5) is 10.8. The summed E-state index contributed by atoms with van der Waals surface area (Å²) in [6, 6.07) is 14.8. The number of esters is 1. The van der Waals surface area contributed by atoms with E-state index in [4.69, 9.17) is 25.8 Å². The van der Waals surface area contributed by atoms with Gasteiger partial charge in [0.15, 0.2) is 6.29 Å². The predicted molar refractivity (Wildman–Crippen MR) is 140 cm³/mol. The number of halogens is 1. The van der Waals surface area contributed by atoms with E-state index in [1.807, 2.05) is 88.4 Å². The van der Waals surface area contributed by atoms with Gasteiger partial charge in [0.25, 0.3) is 0 Å². The molecule has 2 rings (SSSR count). The molecule has 2 aromatic rings. The molecule has 5 nitrogen and oxygen atoms in total. The lowest BCUT2D eigenvalue weighted by molar-refractivity contribution is -0.149. The fourth-order valence-corrected chi connectivity index (χ4v) is 2.47. The van der Waals surface area contributed by atoms with Gasteiger partial charge in [0, 0.05) is 11.5 Å². The van der Waals surface area contributed by atoms with Crippen LogP contribution in [0.2, 0.25) is 0 Å². The summed E-state index contributed by atoms with van der Waals surface area (Å²) in [5.41, 5.74) is 2.14. The maximum atomic E-state index is 10.8. The number of carbonyl (C=O) groups is 1. The molecule has 0 fully saturated rings. The molecule has 0 spiro atoms. The Labute approximate surface area is 208 Å². The molecule has 0 bridgehead atoms. The van der Waals surface area contributed by atoms with Crippen LogP contribution in [0, 0.1) is 0 Å². The summed E-state index contributed by atoms with van der Waals surface area (Å²) in [5, 5.41) is 9.23. The summed E-state index contributed by atoms with van der Waals surface area (Å²) in [6.45, 7) is 12.9. The Morgan fingerprint density at radius 3 is 1.94 bits per heavy atom. The summed E-state index contributed by atoms with van der Waals surface area (Å²) in [5.74, 6) is 1.16. The number of benzene rings is 2. The average Bonchev–Trinajstić information content (AvgIpc) is 2.77. The third kappa shape index (κ3) is 13.5. The normalized spacial score (nSPS) is 12.2. The van der Waals surface area contributed by atoms with Gasteiger partial charge in [-0.15, -0.1) is 11.6 Å². The fraction of sp³-hybridized carbons (Fsp3) is 0.321. The van der Waals surface area contributed by atoms with E-state index in [0.29, 0.717) is 18.1 Å². The van der Waals surface area contributed by atoms with Crippen molar-refractivity contribution in [3.05, 3.63) is 84.0 Å². The average molecular weight is 487 g/mol. The maximum Gasteiger partial charge on any atom is 0.333 e. The minimum atomic E-state index is -0.407. The second kappa shape index (κ2) is 15.0. The SMILES string of the molecule is C=C(C)C(=O)OC(C)(C)C.CC(OCCCl)Oc1ccc(C=CC=Cc2ccc(O)cc2)cc1. The van der Waals surface area contributed by atoms with E-state index in [9.17, 15) is 9.90 Å². The molecule has 0 aliphatic rings. The molecule has 0 saturated heterocycles. The van der Waals surface area contributed by atoms with Crippen LogP contribution in [0.25, 0.3) is 12.2 Å². The summed E-state index contributed by atoms with van der Waals surface area (Å²) < 4.78 is 15.9. The first-order chi connectivity index (χ1) is 16.0. The van der Waals surface area contributed by atoms with E-state index in [1.54, 1.807) is 19.1 Å². The number of aromatic hydroxyl groups is 1. The molecule has 0 aliphatic heterocycles. The molecule has 0 aromatic heterocycles.